The summed E-state index contributed by atoms with van der Waals surface area (Å²) in [5.41, 5.74) is -0.519. The van der Waals surface area contributed by atoms with Crippen molar-refractivity contribution in [2.75, 3.05) is 11.4 Å². The molecular formula is C20H16N2O6. The number of hydrogen-bond donors (Lipinski definition) is 2. The molecule has 0 spiro atoms. The zero-order chi connectivity index (χ0) is 19.8. The van der Waals surface area contributed by atoms with Crippen LogP contribution in [0.2, 0.25) is 0 Å². The Morgan fingerprint density at radius 1 is 1.07 bits per heavy atom. The van der Waals surface area contributed by atoms with E-state index in [0.717, 1.165) is 0 Å². The number of carboxylic acids is 1. The average Bonchev–Trinajstić information content (AvgIpc) is 3.06. The normalized spacial score (nSPS) is 16.4. The number of pyridine rings is 1. The van der Waals surface area contributed by atoms with E-state index >= 15 is 0 Å². The third-order valence-electron chi connectivity index (χ3n) is 4.69. The molecule has 2 aromatic carbocycles. The Morgan fingerprint density at radius 2 is 1.75 bits per heavy atom. The Kier molecular flexibility index (Phi) is 4.23. The number of nitrogens with zero attached hydrogens (tertiary/aromatic N) is 2. The van der Waals surface area contributed by atoms with Crippen LogP contribution >= 0.6 is 0 Å². The molecule has 3 aromatic rings. The second kappa shape index (κ2) is 6.73. The van der Waals surface area contributed by atoms with Gasteiger partial charge in [0.2, 0.25) is 0 Å². The minimum Gasteiger partial charge on any atom is -0.506 e. The van der Waals surface area contributed by atoms with Gasteiger partial charge in [-0.1, -0.05) is 30.3 Å². The highest BCUT2D eigenvalue weighted by molar-refractivity contribution is 5.98. The van der Waals surface area contributed by atoms with Crippen LogP contribution in [0.5, 0.6) is 5.75 Å². The number of benzene rings is 2. The highest BCUT2D eigenvalue weighted by Gasteiger charge is 2.33. The molecule has 2 heterocycles. The Balaban J connectivity index is 1.74. The van der Waals surface area contributed by atoms with Crippen molar-refractivity contribution in [3.8, 4) is 5.75 Å². The molecule has 0 bridgehead atoms. The molecule has 4 rings (SSSR count). The first-order chi connectivity index (χ1) is 13.5. The van der Waals surface area contributed by atoms with E-state index in [1.54, 1.807) is 42.5 Å². The Labute approximate surface area is 158 Å². The highest BCUT2D eigenvalue weighted by Crippen LogP contribution is 2.27. The second-order valence-electron chi connectivity index (χ2n) is 6.41. The zero-order valence-electron chi connectivity index (χ0n) is 14.6. The maximum absolute atomic E-state index is 12.7. The molecule has 8 heteroatoms. The van der Waals surface area contributed by atoms with Crippen molar-refractivity contribution in [2.24, 2.45) is 0 Å². The maximum atomic E-state index is 12.7. The van der Waals surface area contributed by atoms with E-state index in [4.69, 9.17) is 4.74 Å². The molecule has 1 fully saturated rings. The molecule has 1 aromatic heterocycles. The van der Waals surface area contributed by atoms with E-state index in [9.17, 15) is 24.6 Å². The van der Waals surface area contributed by atoms with Gasteiger partial charge in [-0.3, -0.25) is 9.69 Å². The minimum absolute atomic E-state index is 0.0328. The third-order valence-corrected chi connectivity index (χ3v) is 4.69. The number of cyclic esters (lactones) is 1. The Hall–Kier alpha value is -3.81. The average molecular weight is 380 g/mol. The van der Waals surface area contributed by atoms with E-state index in [-0.39, 0.29) is 18.5 Å². The number of para-hydroxylation sites is 2. The summed E-state index contributed by atoms with van der Waals surface area (Å²) in [4.78, 5) is 37.9. The van der Waals surface area contributed by atoms with Crippen molar-refractivity contribution >= 4 is 28.7 Å². The van der Waals surface area contributed by atoms with Crippen LogP contribution in [0.3, 0.4) is 0 Å². The van der Waals surface area contributed by atoms with Crippen LogP contribution in [-0.2, 0) is 11.3 Å². The standard InChI is InChI=1S/C20H16N2O6/c23-17-14-8-4-5-9-15(14)22(18(24)16(17)19(25)26)11-13-10-21(20(27)28-13)12-6-2-1-3-7-12/h1-9,13,23H,10-11H2,(H,25,26). The molecule has 1 atom stereocenters. The zero-order valence-corrected chi connectivity index (χ0v) is 14.6. The first-order valence-corrected chi connectivity index (χ1v) is 8.58. The van der Waals surface area contributed by atoms with Crippen molar-refractivity contribution in [1.82, 2.24) is 4.57 Å². The van der Waals surface area contributed by atoms with Crippen molar-refractivity contribution in [2.45, 2.75) is 12.6 Å². The number of anilines is 1. The third kappa shape index (κ3) is 2.84. The van der Waals surface area contributed by atoms with Crippen LogP contribution in [0.4, 0.5) is 10.5 Å². The maximum Gasteiger partial charge on any atom is 0.414 e. The smallest absolute Gasteiger partial charge is 0.414 e. The molecule has 142 valence electrons. The summed E-state index contributed by atoms with van der Waals surface area (Å²) in [6.45, 7) is 0.182. The molecule has 1 amide bonds. The number of ether oxygens (including phenoxy) is 1. The lowest BCUT2D eigenvalue weighted by Gasteiger charge is -2.16. The Morgan fingerprint density at radius 3 is 2.46 bits per heavy atom. The summed E-state index contributed by atoms with van der Waals surface area (Å²) in [5, 5.41) is 19.8. The van der Waals surface area contributed by atoms with Crippen LogP contribution in [0, 0.1) is 0 Å². The summed E-state index contributed by atoms with van der Waals surface area (Å²) >= 11 is 0. The summed E-state index contributed by atoms with van der Waals surface area (Å²) in [6, 6.07) is 15.4. The predicted molar refractivity (Wildman–Crippen MR) is 101 cm³/mol. The number of aromatic hydroxyl groups is 1. The minimum atomic E-state index is -1.52. The lowest BCUT2D eigenvalue weighted by molar-refractivity contribution is 0.0690. The largest absolute Gasteiger partial charge is 0.506 e. The van der Waals surface area contributed by atoms with E-state index in [1.165, 1.54) is 15.5 Å². The van der Waals surface area contributed by atoms with E-state index in [1.807, 2.05) is 6.07 Å². The first-order valence-electron chi connectivity index (χ1n) is 8.58. The summed E-state index contributed by atoms with van der Waals surface area (Å²) in [6.07, 6.45) is -1.19. The van der Waals surface area contributed by atoms with E-state index in [0.29, 0.717) is 11.2 Å². The quantitative estimate of drug-likeness (QED) is 0.720. The molecule has 2 N–H and O–H groups in total. The van der Waals surface area contributed by atoms with Gasteiger partial charge in [-0.25, -0.2) is 9.59 Å². The molecular weight excluding hydrogens is 364 g/mol. The van der Waals surface area contributed by atoms with Crippen LogP contribution in [0.25, 0.3) is 10.9 Å². The summed E-state index contributed by atoms with van der Waals surface area (Å²) in [7, 11) is 0. The number of aromatic carboxylic acids is 1. The number of aromatic nitrogens is 1. The number of fused-ring (bicyclic) bond motifs is 1. The van der Waals surface area contributed by atoms with Gasteiger partial charge in [0.1, 0.15) is 11.9 Å². The van der Waals surface area contributed by atoms with E-state index in [2.05, 4.69) is 0 Å². The molecule has 1 saturated heterocycles. The lowest BCUT2D eigenvalue weighted by Crippen LogP contribution is -2.33. The van der Waals surface area contributed by atoms with Gasteiger partial charge >= 0.3 is 12.1 Å². The molecule has 8 nitrogen and oxygen atoms in total. The van der Waals surface area contributed by atoms with Crippen LogP contribution in [0.1, 0.15) is 10.4 Å². The van der Waals surface area contributed by atoms with Gasteiger partial charge < -0.3 is 19.5 Å². The van der Waals surface area contributed by atoms with E-state index < -0.39 is 35.0 Å². The second-order valence-corrected chi connectivity index (χ2v) is 6.41. The number of rotatable bonds is 4. The van der Waals surface area contributed by atoms with Gasteiger partial charge in [0.15, 0.2) is 5.56 Å². The fourth-order valence-electron chi connectivity index (χ4n) is 3.40. The van der Waals surface area contributed by atoms with Crippen molar-refractivity contribution in [3.63, 3.8) is 0 Å². The molecule has 0 aliphatic carbocycles. The van der Waals surface area contributed by atoms with Crippen LogP contribution in [-0.4, -0.2) is 39.5 Å². The monoisotopic (exact) mass is 380 g/mol. The molecule has 0 saturated carbocycles. The van der Waals surface area contributed by atoms with Gasteiger partial charge in [0, 0.05) is 11.1 Å². The topological polar surface area (TPSA) is 109 Å². The molecule has 1 aliphatic heterocycles. The molecule has 1 aliphatic rings. The summed E-state index contributed by atoms with van der Waals surface area (Å²) < 4.78 is 6.61. The van der Waals surface area contributed by atoms with Gasteiger partial charge in [0.05, 0.1) is 18.6 Å². The van der Waals surface area contributed by atoms with Gasteiger partial charge in [-0.15, -0.1) is 0 Å². The van der Waals surface area contributed by atoms with Gasteiger partial charge in [-0.2, -0.15) is 0 Å². The first kappa shape index (κ1) is 17.6. The number of carbonyl (C=O) groups is 2. The lowest BCUT2D eigenvalue weighted by atomic mass is 10.1. The van der Waals surface area contributed by atoms with Crippen LogP contribution < -0.4 is 10.5 Å². The van der Waals surface area contributed by atoms with Gasteiger partial charge in [-0.05, 0) is 24.3 Å². The number of hydrogen-bond acceptors (Lipinski definition) is 5. The summed E-state index contributed by atoms with van der Waals surface area (Å²) in [5.74, 6) is -2.09. The van der Waals surface area contributed by atoms with Crippen molar-refractivity contribution in [3.05, 3.63) is 70.5 Å². The highest BCUT2D eigenvalue weighted by atomic mass is 16.6. The van der Waals surface area contributed by atoms with Gasteiger partial charge in [0.25, 0.3) is 5.56 Å². The fraction of sp³-hybridized carbons (Fsp3) is 0.150. The number of amides is 1. The fourth-order valence-corrected chi connectivity index (χ4v) is 3.40. The number of carboxylic acid groups (broad SMARTS) is 1. The molecule has 0 radical (unpaired) electrons. The molecule has 28 heavy (non-hydrogen) atoms. The predicted octanol–water partition coefficient (Wildman–Crippen LogP) is 2.43. The van der Waals surface area contributed by atoms with Crippen molar-refractivity contribution < 1.29 is 24.5 Å². The van der Waals surface area contributed by atoms with Crippen molar-refractivity contribution in [1.29, 1.82) is 0 Å². The van der Waals surface area contributed by atoms with Crippen LogP contribution in [0.15, 0.2) is 59.4 Å². The number of carbonyl (C=O) groups excluding carboxylic acids is 1. The Bertz CT molecular complexity index is 1140. The SMILES string of the molecule is O=C(O)c1c(O)c2ccccc2n(CC2CN(c3ccccc3)C(=O)O2)c1=O. The molecule has 1 unspecified atom stereocenters.